The van der Waals surface area contributed by atoms with Crippen LogP contribution in [0.25, 0.3) is 0 Å². The van der Waals surface area contributed by atoms with Gasteiger partial charge in [-0.25, -0.2) is 4.79 Å². The molecule has 0 spiro atoms. The summed E-state index contributed by atoms with van der Waals surface area (Å²) < 4.78 is 15.4. The lowest BCUT2D eigenvalue weighted by molar-refractivity contribution is -0.153. The Morgan fingerprint density at radius 3 is 2.65 bits per heavy atom. The zero-order chi connectivity index (χ0) is 14.5. The van der Waals surface area contributed by atoms with Crippen molar-refractivity contribution in [2.75, 3.05) is 20.3 Å². The molecule has 1 heterocycles. The van der Waals surface area contributed by atoms with Crippen molar-refractivity contribution >= 4 is 5.97 Å². The van der Waals surface area contributed by atoms with Gasteiger partial charge in [0.15, 0.2) is 6.29 Å². The fourth-order valence-electron chi connectivity index (χ4n) is 2.18. The highest BCUT2D eigenvalue weighted by atomic mass is 16.7. The summed E-state index contributed by atoms with van der Waals surface area (Å²) in [5.74, 6) is -0.993. The summed E-state index contributed by atoms with van der Waals surface area (Å²) in [6, 6.07) is 8.57. The monoisotopic (exact) mass is 282 g/mol. The van der Waals surface area contributed by atoms with E-state index in [1.807, 2.05) is 0 Å². The van der Waals surface area contributed by atoms with E-state index in [-0.39, 0.29) is 13.2 Å². The second kappa shape index (κ2) is 6.81. The maximum atomic E-state index is 11.8. The highest BCUT2D eigenvalue weighted by molar-refractivity contribution is 5.89. The summed E-state index contributed by atoms with van der Waals surface area (Å²) in [5.41, 5.74) is 0.435. The van der Waals surface area contributed by atoms with Gasteiger partial charge in [0.05, 0.1) is 30.8 Å². The number of ether oxygens (including phenoxy) is 3. The molecule has 0 aliphatic carbocycles. The molecule has 0 radical (unpaired) electrons. The Labute approximate surface area is 116 Å². The van der Waals surface area contributed by atoms with Crippen molar-refractivity contribution in [3.05, 3.63) is 35.9 Å². The van der Waals surface area contributed by atoms with Crippen molar-refractivity contribution in [2.45, 2.75) is 18.5 Å². The van der Waals surface area contributed by atoms with Gasteiger partial charge in [0.2, 0.25) is 0 Å². The summed E-state index contributed by atoms with van der Waals surface area (Å²) >= 11 is 0. The molecule has 20 heavy (non-hydrogen) atoms. The molecule has 1 unspecified atom stereocenters. The third-order valence-electron chi connectivity index (χ3n) is 3.33. The second-order valence-electron chi connectivity index (χ2n) is 4.58. The SMILES string of the molecule is COC1O[C@H](CO)[C@@H](COC(=O)c2ccccc2)[C@H]1O. The Hall–Kier alpha value is -1.47. The number of methoxy groups -OCH3 is 1. The lowest BCUT2D eigenvalue weighted by Gasteiger charge is -2.18. The minimum Gasteiger partial charge on any atom is -0.462 e. The molecule has 1 aromatic rings. The van der Waals surface area contributed by atoms with Crippen molar-refractivity contribution in [2.24, 2.45) is 5.92 Å². The van der Waals surface area contributed by atoms with E-state index in [9.17, 15) is 15.0 Å². The molecule has 6 heteroatoms. The lowest BCUT2D eigenvalue weighted by Crippen LogP contribution is -2.33. The molecule has 1 aliphatic heterocycles. The van der Waals surface area contributed by atoms with Crippen LogP contribution in [0.5, 0.6) is 0 Å². The number of carbonyl (C=O) groups is 1. The summed E-state index contributed by atoms with van der Waals surface area (Å²) in [4.78, 5) is 11.8. The van der Waals surface area contributed by atoms with Crippen LogP contribution < -0.4 is 0 Å². The van der Waals surface area contributed by atoms with Gasteiger partial charge in [-0.3, -0.25) is 0 Å². The Balaban J connectivity index is 1.94. The predicted octanol–water partition coefficient (Wildman–Crippen LogP) is 0.184. The molecule has 0 bridgehead atoms. The van der Waals surface area contributed by atoms with Crippen molar-refractivity contribution in [1.82, 2.24) is 0 Å². The number of rotatable bonds is 5. The van der Waals surface area contributed by atoms with E-state index in [0.717, 1.165) is 0 Å². The second-order valence-corrected chi connectivity index (χ2v) is 4.58. The number of hydrogen-bond acceptors (Lipinski definition) is 6. The molecule has 0 aromatic heterocycles. The quantitative estimate of drug-likeness (QED) is 0.750. The van der Waals surface area contributed by atoms with E-state index in [1.54, 1.807) is 30.3 Å². The molecule has 6 nitrogen and oxygen atoms in total. The molecule has 1 aliphatic rings. The molecule has 110 valence electrons. The van der Waals surface area contributed by atoms with Crippen LogP contribution in [-0.2, 0) is 14.2 Å². The van der Waals surface area contributed by atoms with E-state index >= 15 is 0 Å². The number of carbonyl (C=O) groups excluding carboxylic acids is 1. The Morgan fingerprint density at radius 2 is 2.05 bits per heavy atom. The van der Waals surface area contributed by atoms with Crippen LogP contribution in [0.3, 0.4) is 0 Å². The molecule has 4 atom stereocenters. The van der Waals surface area contributed by atoms with Gasteiger partial charge < -0.3 is 24.4 Å². The molecular weight excluding hydrogens is 264 g/mol. The Bertz CT molecular complexity index is 433. The smallest absolute Gasteiger partial charge is 0.338 e. The minimum atomic E-state index is -0.944. The zero-order valence-electron chi connectivity index (χ0n) is 11.1. The van der Waals surface area contributed by atoms with Gasteiger partial charge >= 0.3 is 5.97 Å². The van der Waals surface area contributed by atoms with Crippen molar-refractivity contribution in [3.8, 4) is 0 Å². The first kappa shape index (κ1) is 14.9. The van der Waals surface area contributed by atoms with E-state index in [4.69, 9.17) is 14.2 Å². The summed E-state index contributed by atoms with van der Waals surface area (Å²) in [6.45, 7) is -0.315. The molecule has 1 fully saturated rings. The first-order valence-electron chi connectivity index (χ1n) is 6.36. The van der Waals surface area contributed by atoms with Gasteiger partial charge in [-0.2, -0.15) is 0 Å². The third-order valence-corrected chi connectivity index (χ3v) is 3.33. The van der Waals surface area contributed by atoms with E-state index < -0.39 is 30.4 Å². The normalized spacial score (nSPS) is 29.4. The van der Waals surface area contributed by atoms with Gasteiger partial charge in [0.25, 0.3) is 0 Å². The van der Waals surface area contributed by atoms with Gasteiger partial charge in [-0.1, -0.05) is 18.2 Å². The maximum absolute atomic E-state index is 11.8. The number of hydrogen-bond donors (Lipinski definition) is 2. The summed E-state index contributed by atoms with van der Waals surface area (Å²) in [6.07, 6.45) is -2.37. The molecular formula is C14H18O6. The van der Waals surface area contributed by atoms with Crippen LogP contribution in [0.1, 0.15) is 10.4 Å². The average molecular weight is 282 g/mol. The van der Waals surface area contributed by atoms with Crippen LogP contribution in [0, 0.1) is 5.92 Å². The average Bonchev–Trinajstić information content (AvgIpc) is 2.81. The van der Waals surface area contributed by atoms with E-state index in [0.29, 0.717) is 5.56 Å². The predicted molar refractivity (Wildman–Crippen MR) is 69.0 cm³/mol. The summed E-state index contributed by atoms with van der Waals surface area (Å²) in [5, 5.41) is 19.2. The standard InChI is InChI=1S/C14H18O6/c1-18-14-12(16)10(11(7-15)20-14)8-19-13(17)9-5-3-2-4-6-9/h2-6,10-12,14-16H,7-8H2,1H3/t10-,11-,12-,14?/m1/s1. The van der Waals surface area contributed by atoms with Crippen molar-refractivity contribution < 1.29 is 29.2 Å². The zero-order valence-corrected chi connectivity index (χ0v) is 11.1. The van der Waals surface area contributed by atoms with Gasteiger partial charge in [-0.05, 0) is 12.1 Å². The molecule has 2 N–H and O–H groups in total. The maximum Gasteiger partial charge on any atom is 0.338 e. The first-order chi connectivity index (χ1) is 9.67. The number of benzene rings is 1. The topological polar surface area (TPSA) is 85.2 Å². The van der Waals surface area contributed by atoms with E-state index in [2.05, 4.69) is 0 Å². The molecule has 0 amide bonds. The fraction of sp³-hybridized carbons (Fsp3) is 0.500. The highest BCUT2D eigenvalue weighted by Gasteiger charge is 2.44. The van der Waals surface area contributed by atoms with Crippen molar-refractivity contribution in [1.29, 1.82) is 0 Å². The van der Waals surface area contributed by atoms with Crippen molar-refractivity contribution in [3.63, 3.8) is 0 Å². The Morgan fingerprint density at radius 1 is 1.35 bits per heavy atom. The largest absolute Gasteiger partial charge is 0.462 e. The highest BCUT2D eigenvalue weighted by Crippen LogP contribution is 2.27. The summed E-state index contributed by atoms with van der Waals surface area (Å²) in [7, 11) is 1.40. The van der Waals surface area contributed by atoms with Crippen LogP contribution in [-0.4, -0.2) is 55.0 Å². The number of esters is 1. The van der Waals surface area contributed by atoms with Gasteiger partial charge in [-0.15, -0.1) is 0 Å². The molecule has 2 rings (SSSR count). The van der Waals surface area contributed by atoms with Gasteiger partial charge in [0.1, 0.15) is 6.10 Å². The van der Waals surface area contributed by atoms with Crippen LogP contribution in [0.4, 0.5) is 0 Å². The minimum absolute atomic E-state index is 0.0417. The molecule has 1 aromatic carbocycles. The van der Waals surface area contributed by atoms with Crippen LogP contribution in [0.15, 0.2) is 30.3 Å². The third kappa shape index (κ3) is 3.16. The fourth-order valence-corrected chi connectivity index (χ4v) is 2.18. The molecule has 1 saturated heterocycles. The van der Waals surface area contributed by atoms with Crippen LogP contribution in [0.2, 0.25) is 0 Å². The van der Waals surface area contributed by atoms with Gasteiger partial charge in [0, 0.05) is 7.11 Å². The number of aliphatic hydroxyl groups excluding tert-OH is 2. The van der Waals surface area contributed by atoms with Crippen LogP contribution >= 0.6 is 0 Å². The van der Waals surface area contributed by atoms with E-state index in [1.165, 1.54) is 7.11 Å². The molecule has 0 saturated carbocycles. The number of aliphatic hydroxyl groups is 2. The Kier molecular flexibility index (Phi) is 5.08. The first-order valence-corrected chi connectivity index (χ1v) is 6.36. The lowest BCUT2D eigenvalue weighted by atomic mass is 10.00.